The zero-order valence-electron chi connectivity index (χ0n) is 8.47. The van der Waals surface area contributed by atoms with Crippen molar-refractivity contribution in [3.05, 3.63) is 33.8 Å². The third kappa shape index (κ3) is 1.12. The molecule has 3 heteroatoms. The molecule has 0 aromatic heterocycles. The van der Waals surface area contributed by atoms with Crippen LogP contribution in [0.5, 0.6) is 0 Å². The Kier molecular flexibility index (Phi) is 1.96. The van der Waals surface area contributed by atoms with Gasteiger partial charge in [-0.25, -0.2) is 0 Å². The summed E-state index contributed by atoms with van der Waals surface area (Å²) in [7, 11) is 1.84. The summed E-state index contributed by atoms with van der Waals surface area (Å²) in [5, 5.41) is 0. The van der Waals surface area contributed by atoms with Crippen LogP contribution in [0.4, 0.5) is 0 Å². The van der Waals surface area contributed by atoms with Crippen LogP contribution in [0.1, 0.15) is 29.8 Å². The lowest BCUT2D eigenvalue weighted by Crippen LogP contribution is -2.35. The number of hydrogen-bond acceptors (Lipinski definition) is 1. The van der Waals surface area contributed by atoms with Crippen molar-refractivity contribution in [3.8, 4) is 0 Å². The highest BCUT2D eigenvalue weighted by Crippen LogP contribution is 2.38. The molecule has 1 aliphatic heterocycles. The van der Waals surface area contributed by atoms with E-state index in [1.807, 2.05) is 25.2 Å². The van der Waals surface area contributed by atoms with Crippen LogP contribution >= 0.6 is 15.9 Å². The Bertz CT molecular complexity index is 412. The van der Waals surface area contributed by atoms with Crippen molar-refractivity contribution in [2.45, 2.75) is 19.4 Å². The average molecular weight is 254 g/mol. The molecule has 0 aliphatic carbocycles. The Balaban J connectivity index is 2.69. The van der Waals surface area contributed by atoms with Gasteiger partial charge in [0.05, 0.1) is 5.54 Å². The van der Waals surface area contributed by atoms with E-state index in [0.29, 0.717) is 0 Å². The largest absolute Gasteiger partial charge is 0.332 e. The first kappa shape index (κ1) is 9.71. The maximum Gasteiger partial charge on any atom is 0.254 e. The van der Waals surface area contributed by atoms with E-state index in [1.165, 1.54) is 0 Å². The summed E-state index contributed by atoms with van der Waals surface area (Å²) < 4.78 is 1.02. The normalized spacial score (nSPS) is 18.6. The number of benzene rings is 1. The first-order chi connectivity index (χ1) is 6.44. The van der Waals surface area contributed by atoms with Gasteiger partial charge in [0.1, 0.15) is 0 Å². The minimum absolute atomic E-state index is 0.109. The molecule has 1 aliphatic rings. The topological polar surface area (TPSA) is 20.3 Å². The van der Waals surface area contributed by atoms with Crippen LogP contribution in [-0.4, -0.2) is 17.9 Å². The van der Waals surface area contributed by atoms with E-state index in [1.54, 1.807) is 4.90 Å². The van der Waals surface area contributed by atoms with Gasteiger partial charge in [-0.05, 0) is 37.6 Å². The van der Waals surface area contributed by atoms with Crippen LogP contribution < -0.4 is 0 Å². The number of fused-ring (bicyclic) bond motifs is 1. The summed E-state index contributed by atoms with van der Waals surface area (Å²) in [6.45, 7) is 4.12. The molecule has 2 rings (SSSR count). The van der Waals surface area contributed by atoms with Crippen molar-refractivity contribution in [1.82, 2.24) is 4.90 Å². The second kappa shape index (κ2) is 2.83. The van der Waals surface area contributed by atoms with Gasteiger partial charge in [0.25, 0.3) is 5.91 Å². The van der Waals surface area contributed by atoms with Gasteiger partial charge in [-0.15, -0.1) is 0 Å². The highest BCUT2D eigenvalue weighted by Gasteiger charge is 2.40. The molecule has 1 aromatic carbocycles. The summed E-state index contributed by atoms with van der Waals surface area (Å²) in [5.41, 5.74) is 1.72. The van der Waals surface area contributed by atoms with Crippen molar-refractivity contribution in [1.29, 1.82) is 0 Å². The van der Waals surface area contributed by atoms with Gasteiger partial charge in [0, 0.05) is 17.1 Å². The molecule has 0 fully saturated rings. The van der Waals surface area contributed by atoms with E-state index >= 15 is 0 Å². The lowest BCUT2D eigenvalue weighted by atomic mass is 9.94. The molecular weight excluding hydrogens is 242 g/mol. The van der Waals surface area contributed by atoms with Gasteiger partial charge in [0.2, 0.25) is 0 Å². The molecule has 74 valence electrons. The van der Waals surface area contributed by atoms with Crippen LogP contribution in [0.2, 0.25) is 0 Å². The number of carbonyl (C=O) groups excluding carboxylic acids is 1. The highest BCUT2D eigenvalue weighted by molar-refractivity contribution is 9.10. The summed E-state index contributed by atoms with van der Waals surface area (Å²) >= 11 is 3.43. The molecule has 0 radical (unpaired) electrons. The smallest absolute Gasteiger partial charge is 0.254 e. The maximum absolute atomic E-state index is 11.8. The molecule has 0 unspecified atom stereocenters. The van der Waals surface area contributed by atoms with Crippen molar-refractivity contribution >= 4 is 21.8 Å². The summed E-state index contributed by atoms with van der Waals surface area (Å²) in [6, 6.07) is 5.82. The van der Waals surface area contributed by atoms with Gasteiger partial charge >= 0.3 is 0 Å². The Hall–Kier alpha value is -0.830. The molecule has 2 nitrogen and oxygen atoms in total. The van der Waals surface area contributed by atoms with E-state index in [-0.39, 0.29) is 11.4 Å². The standard InChI is InChI=1S/C11H12BrNO/c1-11(2)9-6-7(12)4-5-8(9)10(14)13(11)3/h4-6H,1-3H3. The number of amides is 1. The Morgan fingerprint density at radius 2 is 2.00 bits per heavy atom. The molecule has 0 N–H and O–H groups in total. The van der Waals surface area contributed by atoms with Crippen molar-refractivity contribution in [2.75, 3.05) is 7.05 Å². The van der Waals surface area contributed by atoms with Crippen LogP contribution in [0.15, 0.2) is 22.7 Å². The predicted octanol–water partition coefficient (Wildman–Crippen LogP) is 2.77. The maximum atomic E-state index is 11.8. The fraction of sp³-hybridized carbons (Fsp3) is 0.364. The van der Waals surface area contributed by atoms with Crippen LogP contribution in [0, 0.1) is 0 Å². The molecule has 1 heterocycles. The number of hydrogen-bond donors (Lipinski definition) is 0. The van der Waals surface area contributed by atoms with Gasteiger partial charge < -0.3 is 4.90 Å². The zero-order valence-corrected chi connectivity index (χ0v) is 10.1. The molecule has 0 bridgehead atoms. The molecule has 1 amide bonds. The molecule has 0 saturated carbocycles. The molecule has 0 saturated heterocycles. The predicted molar refractivity (Wildman–Crippen MR) is 59.3 cm³/mol. The third-order valence-corrected chi connectivity index (χ3v) is 3.51. The van der Waals surface area contributed by atoms with E-state index < -0.39 is 0 Å². The zero-order chi connectivity index (χ0) is 10.5. The lowest BCUT2D eigenvalue weighted by Gasteiger charge is -2.28. The SMILES string of the molecule is CN1C(=O)c2ccc(Br)cc2C1(C)C. The van der Waals surface area contributed by atoms with Crippen molar-refractivity contribution in [2.24, 2.45) is 0 Å². The average Bonchev–Trinajstić information content (AvgIpc) is 2.29. The minimum Gasteiger partial charge on any atom is -0.332 e. The number of rotatable bonds is 0. The lowest BCUT2D eigenvalue weighted by molar-refractivity contribution is 0.0691. The fourth-order valence-corrected chi connectivity index (χ4v) is 2.19. The highest BCUT2D eigenvalue weighted by atomic mass is 79.9. The van der Waals surface area contributed by atoms with E-state index in [9.17, 15) is 4.79 Å². The first-order valence-corrected chi connectivity index (χ1v) is 5.32. The van der Waals surface area contributed by atoms with Gasteiger partial charge in [0.15, 0.2) is 0 Å². The van der Waals surface area contributed by atoms with E-state index in [0.717, 1.165) is 15.6 Å². The molecular formula is C11H12BrNO. The van der Waals surface area contributed by atoms with Crippen molar-refractivity contribution in [3.63, 3.8) is 0 Å². The minimum atomic E-state index is -0.198. The first-order valence-electron chi connectivity index (χ1n) is 4.53. The van der Waals surface area contributed by atoms with E-state index in [4.69, 9.17) is 0 Å². The van der Waals surface area contributed by atoms with Crippen LogP contribution in [0.3, 0.4) is 0 Å². The van der Waals surface area contributed by atoms with Gasteiger partial charge in [-0.1, -0.05) is 15.9 Å². The number of halogens is 1. The Morgan fingerprint density at radius 3 is 2.64 bits per heavy atom. The molecule has 14 heavy (non-hydrogen) atoms. The monoisotopic (exact) mass is 253 g/mol. The Morgan fingerprint density at radius 1 is 1.36 bits per heavy atom. The summed E-state index contributed by atoms with van der Waals surface area (Å²) in [5.74, 6) is 0.109. The second-order valence-corrected chi connectivity index (χ2v) is 5.03. The molecule has 0 spiro atoms. The van der Waals surface area contributed by atoms with E-state index in [2.05, 4.69) is 29.8 Å². The second-order valence-electron chi connectivity index (χ2n) is 4.11. The third-order valence-electron chi connectivity index (χ3n) is 3.01. The fourth-order valence-electron chi connectivity index (χ4n) is 1.82. The van der Waals surface area contributed by atoms with Crippen molar-refractivity contribution < 1.29 is 4.79 Å². The summed E-state index contributed by atoms with van der Waals surface area (Å²) in [4.78, 5) is 13.6. The summed E-state index contributed by atoms with van der Waals surface area (Å²) in [6.07, 6.45) is 0. The number of carbonyl (C=O) groups is 1. The van der Waals surface area contributed by atoms with Gasteiger partial charge in [-0.2, -0.15) is 0 Å². The Labute approximate surface area is 92.0 Å². The van der Waals surface area contributed by atoms with Crippen LogP contribution in [-0.2, 0) is 5.54 Å². The quantitative estimate of drug-likeness (QED) is 0.697. The van der Waals surface area contributed by atoms with Gasteiger partial charge in [-0.3, -0.25) is 4.79 Å². The number of nitrogens with zero attached hydrogens (tertiary/aromatic N) is 1. The van der Waals surface area contributed by atoms with Crippen LogP contribution in [0.25, 0.3) is 0 Å². The molecule has 0 atom stereocenters. The molecule has 1 aromatic rings.